The van der Waals surface area contributed by atoms with Crippen molar-refractivity contribution >= 4 is 70.4 Å². The number of fused-ring (bicyclic) bond motifs is 6. The lowest BCUT2D eigenvalue weighted by Crippen LogP contribution is -2.60. The molecule has 0 bridgehead atoms. The number of phenols is 2. The van der Waals surface area contributed by atoms with Crippen LogP contribution in [0.1, 0.15) is 212 Å². The Morgan fingerprint density at radius 2 is 0.731 bits per heavy atom. The highest BCUT2D eigenvalue weighted by Crippen LogP contribution is 2.57. The van der Waals surface area contributed by atoms with Crippen molar-refractivity contribution in [3.63, 3.8) is 0 Å². The number of aromatic hydroxyl groups is 2. The third kappa shape index (κ3) is 30.0. The van der Waals surface area contributed by atoms with Gasteiger partial charge in [0.25, 0.3) is 0 Å². The zero-order valence-corrected chi connectivity index (χ0v) is 63.6. The predicted molar refractivity (Wildman–Crippen MR) is 415 cm³/mol. The van der Waals surface area contributed by atoms with Gasteiger partial charge in [0.2, 0.25) is 47.3 Å². The Labute approximate surface area is 640 Å². The number of nitrogens with one attached hydrogen (secondary N) is 8. The number of esters is 1. The van der Waals surface area contributed by atoms with Crippen molar-refractivity contribution in [1.29, 1.82) is 0 Å². The van der Waals surface area contributed by atoms with E-state index < -0.39 is 108 Å². The van der Waals surface area contributed by atoms with Crippen LogP contribution in [-0.2, 0) is 58.2 Å². The van der Waals surface area contributed by atoms with E-state index in [1.807, 2.05) is 0 Å². The van der Waals surface area contributed by atoms with Gasteiger partial charge in [0.15, 0.2) is 5.60 Å². The van der Waals surface area contributed by atoms with E-state index >= 15 is 0 Å². The van der Waals surface area contributed by atoms with Gasteiger partial charge >= 0.3 is 5.97 Å². The summed E-state index contributed by atoms with van der Waals surface area (Å²) in [5, 5.41) is 43.6. The Balaban J connectivity index is 1.24. The molecule has 2 heterocycles. The normalized spacial score (nSPS) is 14.4. The number of amides is 8. The summed E-state index contributed by atoms with van der Waals surface area (Å²) in [5.74, 6) is -5.52. The molecule has 0 fully saturated rings. The molecule has 1 spiro atoms. The minimum atomic E-state index is -1.43. The van der Waals surface area contributed by atoms with E-state index in [4.69, 9.17) is 77.0 Å². The Kier molecular flexibility index (Phi) is 42.3. The second kappa shape index (κ2) is 50.5. The summed E-state index contributed by atoms with van der Waals surface area (Å²) in [6.45, 7) is 2.98. The molecule has 0 aromatic heterocycles. The van der Waals surface area contributed by atoms with Crippen molar-refractivity contribution in [1.82, 2.24) is 42.5 Å². The maximum atomic E-state index is 14.8. The molecule has 31 nitrogen and oxygen atoms in total. The van der Waals surface area contributed by atoms with Gasteiger partial charge in [-0.1, -0.05) is 114 Å². The molecule has 0 saturated carbocycles. The third-order valence-corrected chi connectivity index (χ3v) is 19.4. The molecule has 2 aliphatic heterocycles. The van der Waals surface area contributed by atoms with Gasteiger partial charge < -0.3 is 118 Å². The number of hydrogen-bond donors (Lipinski definition) is 18. The summed E-state index contributed by atoms with van der Waals surface area (Å²) >= 11 is 5.71. The minimum absolute atomic E-state index is 0.00689. The summed E-state index contributed by atoms with van der Waals surface area (Å²) in [6.07, 6.45) is 13.7. The molecule has 2 aliphatic rings. The Bertz CT molecular complexity index is 3280. The average Bonchev–Trinajstić information content (AvgIpc) is 1.50. The summed E-state index contributed by atoms with van der Waals surface area (Å²) in [5.41, 5.74) is 47.3. The number of carbonyl (C=O) groups is 9. The highest BCUT2D eigenvalue weighted by atomic mass is 32.1. The van der Waals surface area contributed by atoms with Gasteiger partial charge in [-0.3, -0.25) is 38.4 Å². The van der Waals surface area contributed by atoms with Crippen LogP contribution in [0, 0.1) is 0 Å². The molecule has 3 aromatic rings. The lowest BCUT2D eigenvalue weighted by molar-refractivity contribution is -0.136. The van der Waals surface area contributed by atoms with Crippen molar-refractivity contribution in [3.05, 3.63) is 82.4 Å². The molecule has 7 unspecified atom stereocenters. The van der Waals surface area contributed by atoms with Gasteiger partial charge in [0.05, 0.1) is 25.4 Å². The number of ether oxygens (including phenoxy) is 4. The van der Waals surface area contributed by atoms with Crippen molar-refractivity contribution < 1.29 is 72.3 Å². The number of rotatable bonds is 58. The van der Waals surface area contributed by atoms with Crippen LogP contribution in [0.4, 0.5) is 0 Å². The maximum absolute atomic E-state index is 14.8. The van der Waals surface area contributed by atoms with Crippen molar-refractivity contribution in [2.24, 2.45) is 45.9 Å². The Morgan fingerprint density at radius 1 is 0.407 bits per heavy atom. The first-order valence-corrected chi connectivity index (χ1v) is 39.1. The van der Waals surface area contributed by atoms with Gasteiger partial charge in [0.1, 0.15) is 76.9 Å². The zero-order valence-electron chi connectivity index (χ0n) is 62.8. The number of carbonyl (C=O) groups excluding carboxylic acids is 9. The number of nitrogens with two attached hydrogens (primary N) is 8. The molecule has 8 amide bonds. The third-order valence-electron chi connectivity index (χ3n) is 19.0. The number of unbranched alkanes of at least 4 members (excludes halogenated alkanes) is 14. The fraction of sp³-hybridized carbons (Fsp3) is 0.632. The average molecular weight is 1530 g/mol. The molecule has 3 aromatic carbocycles. The quantitative estimate of drug-likeness (QED) is 0.0219. The first-order valence-electron chi connectivity index (χ1n) is 38.7. The first-order chi connectivity index (χ1) is 52.2. The van der Waals surface area contributed by atoms with E-state index in [0.29, 0.717) is 195 Å². The SMILES string of the molecule is NCCCCCC(NC(=O)C(CCCCCN)NC(=O)C(CCCCCN)NC(=O)C(CCCCCN)NC(=O)C(CCCCCN)NC(=O)C(CCCCCN)NC(=O)C(CCCCCN)NC(=O)COCCOCCNC(=S)c1ccc2c(c1)C(=O)OC21c2ccc(O)cc2Oc2cc(O)ccc21)C(N)=O. The van der Waals surface area contributed by atoms with Crippen LogP contribution in [0.5, 0.6) is 23.0 Å². The monoisotopic (exact) mass is 1530 g/mol. The molecular weight excluding hydrogens is 1410 g/mol. The van der Waals surface area contributed by atoms with E-state index in [1.165, 1.54) is 24.3 Å². The van der Waals surface area contributed by atoms with Crippen LogP contribution >= 0.6 is 12.2 Å². The lowest BCUT2D eigenvalue weighted by atomic mass is 9.77. The minimum Gasteiger partial charge on any atom is -0.508 e. The van der Waals surface area contributed by atoms with E-state index in [9.17, 15) is 53.4 Å². The Morgan fingerprint density at radius 3 is 1.08 bits per heavy atom. The maximum Gasteiger partial charge on any atom is 0.340 e. The summed E-state index contributed by atoms with van der Waals surface area (Å²) < 4.78 is 23.7. The molecule has 0 radical (unpaired) electrons. The van der Waals surface area contributed by atoms with Crippen molar-refractivity contribution in [2.75, 3.05) is 78.8 Å². The van der Waals surface area contributed by atoms with Crippen molar-refractivity contribution in [2.45, 2.75) is 228 Å². The number of phenolic OH excluding ortho intramolecular Hbond substituents is 2. The molecule has 0 aliphatic carbocycles. The van der Waals surface area contributed by atoms with Gasteiger partial charge in [-0.15, -0.1) is 0 Å². The lowest BCUT2D eigenvalue weighted by Gasteiger charge is -2.36. The van der Waals surface area contributed by atoms with Crippen LogP contribution in [-0.4, -0.2) is 190 Å². The number of hydrogen-bond acceptors (Lipinski definition) is 23. The van der Waals surface area contributed by atoms with Crippen LogP contribution in [0.15, 0.2) is 54.6 Å². The second-order valence-corrected chi connectivity index (χ2v) is 28.0. The van der Waals surface area contributed by atoms with Gasteiger partial charge in [-0.25, -0.2) is 4.79 Å². The number of primary amides is 1. The summed E-state index contributed by atoms with van der Waals surface area (Å²) in [4.78, 5) is 127. The first kappa shape index (κ1) is 90.4. The highest BCUT2D eigenvalue weighted by Gasteiger charge is 2.54. The van der Waals surface area contributed by atoms with Gasteiger partial charge in [-0.05, 0) is 166 Å². The summed E-state index contributed by atoms with van der Waals surface area (Å²) in [6, 6.07) is 6.14. The van der Waals surface area contributed by atoms with Gasteiger partial charge in [0, 0.05) is 40.9 Å². The molecule has 7 atom stereocenters. The van der Waals surface area contributed by atoms with Gasteiger partial charge in [-0.2, -0.15) is 0 Å². The molecule has 26 N–H and O–H groups in total. The molecule has 602 valence electrons. The Hall–Kier alpha value is -8.18. The smallest absolute Gasteiger partial charge is 0.340 e. The zero-order chi connectivity index (χ0) is 78.6. The molecular formula is C76H122N16O15S. The second-order valence-electron chi connectivity index (χ2n) is 27.6. The van der Waals surface area contributed by atoms with E-state index in [2.05, 4.69) is 42.5 Å². The molecule has 32 heteroatoms. The van der Waals surface area contributed by atoms with E-state index in [-0.39, 0.29) is 99.9 Å². The van der Waals surface area contributed by atoms with Crippen molar-refractivity contribution in [3.8, 4) is 23.0 Å². The number of benzene rings is 3. The van der Waals surface area contributed by atoms with Crippen LogP contribution in [0.3, 0.4) is 0 Å². The van der Waals surface area contributed by atoms with E-state index in [1.54, 1.807) is 30.3 Å². The van der Waals surface area contributed by atoms with Crippen LogP contribution in [0.25, 0.3) is 0 Å². The fourth-order valence-corrected chi connectivity index (χ4v) is 13.3. The fourth-order valence-electron chi connectivity index (χ4n) is 13.0. The van der Waals surface area contributed by atoms with E-state index in [0.717, 1.165) is 12.8 Å². The highest BCUT2D eigenvalue weighted by molar-refractivity contribution is 7.80. The largest absolute Gasteiger partial charge is 0.508 e. The van der Waals surface area contributed by atoms with Crippen LogP contribution in [0.2, 0.25) is 0 Å². The standard InChI is InChI=1S/C76H122N16O15S/c77-35-15-1-8-22-57(67(84)96)87-69(98)59(24-10-3-17-37-79)89-71(100)61(26-12-5-19-39-81)91-73(102)63(28-14-7-21-41-83)92-72(101)62(27-13-6-20-40-82)90-70(99)60(25-11-4-18-38-80)88-68(97)58(23-9-2-16-36-78)86-66(95)49-105-45-44-104-43-42-85-74(108)50-29-32-54-53(46-50)75(103)107-76(54)55-33-30-51(93)47-64(55)106-65-48-52(94)31-34-56(65)76/h29-34,46-48,57-63,93-94H,1-28,35-45,49,77-83H2,(H2,84,96)(H,85,108)(H,86,95)(H,87,98)(H,88,97)(H,89,100)(H,90,99)(H,91,102)(H,92,101). The van der Waals surface area contributed by atoms with Crippen LogP contribution < -0.4 is 93.1 Å². The summed E-state index contributed by atoms with van der Waals surface area (Å²) in [7, 11) is 0. The molecule has 108 heavy (non-hydrogen) atoms. The number of thiocarbonyl (C=S) groups is 1. The predicted octanol–water partition coefficient (Wildman–Crippen LogP) is 2.48. The molecule has 0 saturated heterocycles. The topological polar surface area (TPSA) is 535 Å². The molecule has 5 rings (SSSR count).